The second-order valence-electron chi connectivity index (χ2n) is 21.8. The molecule has 4 aliphatic rings. The predicted molar refractivity (Wildman–Crippen MR) is 297 cm³/mol. The summed E-state index contributed by atoms with van der Waals surface area (Å²) in [5, 5.41) is 24.7. The number of esters is 2. The number of carbonyl (C=O) groups excluding carboxylic acids is 3. The molecule has 4 aromatic carbocycles. The van der Waals surface area contributed by atoms with Crippen molar-refractivity contribution in [2.24, 2.45) is 17.8 Å². The molecule has 18 nitrogen and oxygen atoms in total. The number of carbonyl (C=O) groups is 3. The maximum Gasteiger partial charge on any atom is 0.335 e. The fourth-order valence-corrected chi connectivity index (χ4v) is 11.7. The van der Waals surface area contributed by atoms with E-state index in [0.29, 0.717) is 12.1 Å². The van der Waals surface area contributed by atoms with Crippen LogP contribution in [-0.2, 0) is 81.6 Å². The third kappa shape index (κ3) is 15.8. The number of hydrogen-bond donors (Lipinski definition) is 2. The summed E-state index contributed by atoms with van der Waals surface area (Å²) in [6, 6.07) is 36.6. The molecule has 0 radical (unpaired) electrons. The van der Waals surface area contributed by atoms with E-state index in [1.54, 1.807) is 10.9 Å². The number of amides is 1. The average molecular weight is 1120 g/mol. The fraction of sp³-hybridized carbons (Fsp3) is 0.540. The Morgan fingerprint density at radius 1 is 0.765 bits per heavy atom. The average Bonchev–Trinajstić information content (AvgIpc) is 3.96. The second-order valence-corrected chi connectivity index (χ2v) is 21.8. The monoisotopic (exact) mass is 1120 g/mol. The highest BCUT2D eigenvalue weighted by Crippen LogP contribution is 2.43. The van der Waals surface area contributed by atoms with Crippen molar-refractivity contribution in [2.45, 2.75) is 178 Å². The number of nitrogens with zero attached hydrogens (tertiary/aromatic N) is 3. The second kappa shape index (κ2) is 29.4. The minimum atomic E-state index is -1.49. The molecule has 3 heterocycles. The molecule has 6 unspecified atom stereocenters. The number of aliphatic hydroxyl groups excluding tert-OH is 1. The molecule has 2 aliphatic carbocycles. The Bertz CT molecular complexity index is 2730. The number of ether oxygens (including phenoxy) is 10. The first-order valence-corrected chi connectivity index (χ1v) is 28.6. The van der Waals surface area contributed by atoms with E-state index in [2.05, 4.69) is 22.6 Å². The smallest absolute Gasteiger partial charge is 0.335 e. The van der Waals surface area contributed by atoms with E-state index >= 15 is 0 Å². The SMILES string of the molecule is [3H]CCOC[C@@H]1O[C@@H](O[C@@H]2CC(C(=O)OC)CC(n3cc(-c4ccccc4)nn3)[C@H]2O[C@@H]2OC(C)[C@@H](C)[C@H](OCc3ccccc3)C2OCc2ccccc2)C(NC(C)=O)C(O[C@@H](CC2CCCCC2)C(=O)OCc2ccccc2)[C@H]1O. The van der Waals surface area contributed by atoms with E-state index in [1.807, 2.05) is 128 Å². The summed E-state index contributed by atoms with van der Waals surface area (Å²) in [7, 11) is 1.33. The van der Waals surface area contributed by atoms with E-state index in [9.17, 15) is 19.5 Å². The highest BCUT2D eigenvalue weighted by molar-refractivity contribution is 5.75. The van der Waals surface area contributed by atoms with E-state index in [4.69, 9.17) is 48.7 Å². The molecule has 1 amide bonds. The van der Waals surface area contributed by atoms with Crippen LogP contribution in [0, 0.1) is 17.8 Å². The molecule has 15 atom stereocenters. The van der Waals surface area contributed by atoms with Crippen LogP contribution in [0.1, 0.15) is 103 Å². The summed E-state index contributed by atoms with van der Waals surface area (Å²) in [5.41, 5.74) is 4.07. The predicted octanol–water partition coefficient (Wildman–Crippen LogP) is 8.49. The molecular weight excluding hydrogens is 1040 g/mol. The first-order valence-electron chi connectivity index (χ1n) is 29.3. The van der Waals surface area contributed by atoms with Gasteiger partial charge in [-0.05, 0) is 55.7 Å². The Kier molecular flexibility index (Phi) is 21.1. The summed E-state index contributed by atoms with van der Waals surface area (Å²) in [4.78, 5) is 42.0. The van der Waals surface area contributed by atoms with Crippen LogP contribution in [0.2, 0.25) is 0 Å². The molecule has 2 N–H and O–H groups in total. The molecule has 2 aliphatic heterocycles. The summed E-state index contributed by atoms with van der Waals surface area (Å²) in [5.74, 6) is -2.46. The van der Waals surface area contributed by atoms with Crippen molar-refractivity contribution in [3.63, 3.8) is 0 Å². The molecule has 9 rings (SSSR count). The summed E-state index contributed by atoms with van der Waals surface area (Å²) in [6.45, 7) is 5.62. The van der Waals surface area contributed by atoms with E-state index in [0.717, 1.165) is 54.4 Å². The molecule has 2 saturated carbocycles. The number of benzene rings is 4. The molecule has 18 heteroatoms. The molecule has 1 aromatic heterocycles. The van der Waals surface area contributed by atoms with E-state index in [1.165, 1.54) is 14.0 Å². The zero-order chi connectivity index (χ0) is 57.4. The molecular formula is C63H80N4O14. The number of hydrogen-bond acceptors (Lipinski definition) is 16. The minimum Gasteiger partial charge on any atom is -0.469 e. The van der Waals surface area contributed by atoms with Gasteiger partial charge < -0.3 is 57.8 Å². The standard InChI is InChI=1S/C63H80N4O14/c1-6-73-39-53-55(69)58(78-52(32-43-22-12-7-13-23-43)61(71)76-38-46-28-18-10-19-29-46)54(64-42(4)68)62(80-53)79-51-34-48(60(70)72-5)33-50(67-35-49(65-66-67)47-30-20-11-21-31-47)57(51)81-63-59(75-37-45-26-16-9-17-27-45)56(40(2)41(3)77-63)74-36-44-24-14-8-15-25-44/h8-11,14-21,24-31,35,40-41,43,48,50-59,62-63,69H,6-7,12-13,22-23,32-34,36-39H2,1-5H3,(H,64,68)/t40-,41?,48?,50?,51-,52+,53+,54?,55+,56+,57-,58?,59?,62-,63+/m1/s1/i1T. The third-order valence-corrected chi connectivity index (χ3v) is 16.2. The van der Waals surface area contributed by atoms with Crippen molar-refractivity contribution in [3.05, 3.63) is 144 Å². The van der Waals surface area contributed by atoms with Gasteiger partial charge in [-0.2, -0.15) is 0 Å². The van der Waals surface area contributed by atoms with Crippen LogP contribution in [0.4, 0.5) is 0 Å². The lowest BCUT2D eigenvalue weighted by Crippen LogP contribution is -2.67. The van der Waals surface area contributed by atoms with Gasteiger partial charge in [-0.3, -0.25) is 9.59 Å². The number of rotatable bonds is 24. The summed E-state index contributed by atoms with van der Waals surface area (Å²) >= 11 is 0. The lowest BCUT2D eigenvalue weighted by atomic mass is 9.81. The van der Waals surface area contributed by atoms with Crippen LogP contribution in [0.15, 0.2) is 128 Å². The zero-order valence-electron chi connectivity index (χ0n) is 47.9. The van der Waals surface area contributed by atoms with E-state index in [-0.39, 0.29) is 64.6 Å². The fourth-order valence-electron chi connectivity index (χ4n) is 11.7. The van der Waals surface area contributed by atoms with Crippen LogP contribution in [0.3, 0.4) is 0 Å². The number of nitrogens with one attached hydrogen (secondary N) is 1. The van der Waals surface area contributed by atoms with Gasteiger partial charge in [-0.15, -0.1) is 5.10 Å². The quantitative estimate of drug-likeness (QED) is 0.0439. The van der Waals surface area contributed by atoms with Gasteiger partial charge in [0.2, 0.25) is 5.91 Å². The van der Waals surface area contributed by atoms with Crippen molar-refractivity contribution in [1.82, 2.24) is 20.3 Å². The van der Waals surface area contributed by atoms with Crippen molar-refractivity contribution in [1.29, 1.82) is 0 Å². The molecule has 81 heavy (non-hydrogen) atoms. The van der Waals surface area contributed by atoms with Gasteiger partial charge in [0, 0.05) is 26.4 Å². The Morgan fingerprint density at radius 2 is 1.40 bits per heavy atom. The normalized spacial score (nSPS) is 29.5. The van der Waals surface area contributed by atoms with Gasteiger partial charge in [-0.25, -0.2) is 9.48 Å². The van der Waals surface area contributed by atoms with Crippen LogP contribution in [0.25, 0.3) is 11.3 Å². The largest absolute Gasteiger partial charge is 0.469 e. The highest BCUT2D eigenvalue weighted by atomic mass is 16.7. The molecule has 4 fully saturated rings. The molecule has 436 valence electrons. The first-order chi connectivity index (χ1) is 40.0. The van der Waals surface area contributed by atoms with Gasteiger partial charge in [0.05, 0.1) is 63.4 Å². The van der Waals surface area contributed by atoms with Crippen LogP contribution >= 0.6 is 0 Å². The molecule has 0 spiro atoms. The van der Waals surface area contributed by atoms with Crippen molar-refractivity contribution in [3.8, 4) is 11.3 Å². The maximum atomic E-state index is 14.4. The maximum absolute atomic E-state index is 14.4. The lowest BCUT2D eigenvalue weighted by Gasteiger charge is -2.50. The number of methoxy groups -OCH3 is 1. The Morgan fingerprint density at radius 3 is 2.02 bits per heavy atom. The number of aromatic nitrogens is 3. The van der Waals surface area contributed by atoms with Gasteiger partial charge in [0.25, 0.3) is 0 Å². The Labute approximate surface area is 476 Å². The minimum absolute atomic E-state index is 0.00432. The number of aliphatic hydroxyl groups is 1. The van der Waals surface area contributed by atoms with Crippen molar-refractivity contribution >= 4 is 17.8 Å². The van der Waals surface area contributed by atoms with Gasteiger partial charge in [0.15, 0.2) is 18.7 Å². The topological polar surface area (TPSA) is 206 Å². The van der Waals surface area contributed by atoms with Crippen LogP contribution < -0.4 is 5.32 Å². The highest BCUT2D eigenvalue weighted by Gasteiger charge is 2.54. The molecule has 2 saturated heterocycles. The van der Waals surface area contributed by atoms with Crippen LogP contribution in [0.5, 0.6) is 0 Å². The van der Waals surface area contributed by atoms with Gasteiger partial charge >= 0.3 is 11.9 Å². The third-order valence-electron chi connectivity index (χ3n) is 16.2. The van der Waals surface area contributed by atoms with Crippen LogP contribution in [-0.4, -0.2) is 132 Å². The van der Waals surface area contributed by atoms with Crippen molar-refractivity contribution in [2.75, 3.05) is 20.3 Å². The Hall–Kier alpha value is -5.93. The lowest BCUT2D eigenvalue weighted by molar-refractivity contribution is -0.342. The van der Waals surface area contributed by atoms with E-state index < -0.39 is 103 Å². The molecule has 0 bridgehead atoms. The van der Waals surface area contributed by atoms with Gasteiger partial charge in [-0.1, -0.05) is 166 Å². The summed E-state index contributed by atoms with van der Waals surface area (Å²) in [6.07, 6.45) is -4.46. The summed E-state index contributed by atoms with van der Waals surface area (Å²) < 4.78 is 75.8. The van der Waals surface area contributed by atoms with Crippen molar-refractivity contribution < 1.29 is 68.2 Å². The zero-order valence-corrected chi connectivity index (χ0v) is 46.9. The first kappa shape index (κ1) is 58.3. The molecule has 5 aromatic rings. The van der Waals surface area contributed by atoms with Gasteiger partial charge in [0.1, 0.15) is 48.9 Å². The Balaban J connectivity index is 1.11.